The lowest BCUT2D eigenvalue weighted by atomic mass is 9.97. The highest BCUT2D eigenvalue weighted by Gasteiger charge is 2.34. The summed E-state index contributed by atoms with van der Waals surface area (Å²) in [7, 11) is 2.44. The van der Waals surface area contributed by atoms with Crippen LogP contribution in [0.5, 0.6) is 0 Å². The molecule has 8 nitrogen and oxygen atoms in total. The molecule has 118 valence electrons. The van der Waals surface area contributed by atoms with Crippen molar-refractivity contribution < 1.29 is 28.7 Å². The van der Waals surface area contributed by atoms with Crippen molar-refractivity contribution in [3.05, 3.63) is 0 Å². The van der Waals surface area contributed by atoms with Crippen LogP contribution in [-0.2, 0) is 28.7 Å². The summed E-state index contributed by atoms with van der Waals surface area (Å²) in [6.07, 6.45) is 0.621. The number of esters is 2. The molecule has 8 heteroatoms. The van der Waals surface area contributed by atoms with E-state index in [1.54, 1.807) is 6.92 Å². The van der Waals surface area contributed by atoms with Gasteiger partial charge in [0.2, 0.25) is 11.8 Å². The zero-order valence-corrected chi connectivity index (χ0v) is 12.3. The lowest BCUT2D eigenvalue weighted by Gasteiger charge is -2.23. The molecule has 0 radical (unpaired) electrons. The molecule has 0 bridgehead atoms. The molecular weight excluding hydrogens is 280 g/mol. The third-order valence-corrected chi connectivity index (χ3v) is 3.35. The van der Waals surface area contributed by atoms with Crippen LogP contribution in [0.15, 0.2) is 0 Å². The molecule has 0 aromatic rings. The molecule has 2 N–H and O–H groups in total. The largest absolute Gasteiger partial charge is 0.469 e. The van der Waals surface area contributed by atoms with Gasteiger partial charge in [-0.2, -0.15) is 0 Å². The van der Waals surface area contributed by atoms with Gasteiger partial charge < -0.3 is 20.1 Å². The maximum Gasteiger partial charge on any atom is 0.328 e. The number of hydrogen-bond acceptors (Lipinski definition) is 6. The molecule has 1 fully saturated rings. The molecule has 21 heavy (non-hydrogen) atoms. The quantitative estimate of drug-likeness (QED) is 0.616. The molecule has 0 saturated carbocycles. The van der Waals surface area contributed by atoms with Crippen molar-refractivity contribution in [2.45, 2.75) is 38.3 Å². The van der Waals surface area contributed by atoms with Crippen LogP contribution in [0.2, 0.25) is 0 Å². The molecular formula is C13H20N2O6. The Bertz CT molecular complexity index is 436. The second-order valence-corrected chi connectivity index (χ2v) is 4.93. The summed E-state index contributed by atoms with van der Waals surface area (Å²) in [5, 5.41) is 5.04. The van der Waals surface area contributed by atoms with Crippen molar-refractivity contribution in [2.75, 3.05) is 14.2 Å². The minimum atomic E-state index is -0.973. The third-order valence-electron chi connectivity index (χ3n) is 3.35. The van der Waals surface area contributed by atoms with Crippen LogP contribution in [0.3, 0.4) is 0 Å². The molecule has 0 unspecified atom stereocenters. The van der Waals surface area contributed by atoms with Gasteiger partial charge in [-0.1, -0.05) is 6.92 Å². The van der Waals surface area contributed by atoms with E-state index in [0.717, 1.165) is 0 Å². The Kier molecular flexibility index (Phi) is 6.13. The number of carbonyl (C=O) groups excluding carboxylic acids is 4. The molecule has 2 amide bonds. The zero-order chi connectivity index (χ0) is 16.0. The maximum atomic E-state index is 12.0. The summed E-state index contributed by atoms with van der Waals surface area (Å²) >= 11 is 0. The highest BCUT2D eigenvalue weighted by Crippen LogP contribution is 2.13. The molecule has 1 saturated heterocycles. The number of rotatable bonds is 6. The summed E-state index contributed by atoms with van der Waals surface area (Å²) < 4.78 is 9.18. The van der Waals surface area contributed by atoms with Gasteiger partial charge in [-0.15, -0.1) is 0 Å². The third kappa shape index (κ3) is 4.73. The van der Waals surface area contributed by atoms with Gasteiger partial charge in [0, 0.05) is 6.42 Å². The minimum absolute atomic E-state index is 0.0342. The monoisotopic (exact) mass is 300 g/mol. The number of hydrogen-bond donors (Lipinski definition) is 2. The normalized spacial score (nSPS) is 20.1. The minimum Gasteiger partial charge on any atom is -0.469 e. The van der Waals surface area contributed by atoms with E-state index < -0.39 is 35.8 Å². The Morgan fingerprint density at radius 3 is 2.48 bits per heavy atom. The van der Waals surface area contributed by atoms with Gasteiger partial charge >= 0.3 is 11.9 Å². The predicted molar refractivity (Wildman–Crippen MR) is 70.9 cm³/mol. The van der Waals surface area contributed by atoms with E-state index in [1.807, 2.05) is 0 Å². The fourth-order valence-electron chi connectivity index (χ4n) is 2.09. The van der Waals surface area contributed by atoms with E-state index in [4.69, 9.17) is 0 Å². The highest BCUT2D eigenvalue weighted by atomic mass is 16.5. The maximum absolute atomic E-state index is 12.0. The Morgan fingerprint density at radius 2 is 2.00 bits per heavy atom. The lowest BCUT2D eigenvalue weighted by molar-refractivity contribution is -0.148. The standard InChI is InChI=1S/C13H20N2O6/c1-7(6-10(17)20-2)11(13(19)21-3)15-12(18)8-4-5-9(16)14-8/h7-8,11H,4-6H2,1-3H3,(H,14,16)(H,15,18)/t7-,8-,11+/m0/s1. The van der Waals surface area contributed by atoms with E-state index in [0.29, 0.717) is 6.42 Å². The van der Waals surface area contributed by atoms with Crippen LogP contribution in [-0.4, -0.2) is 50.1 Å². The Labute approximate surface area is 122 Å². The van der Waals surface area contributed by atoms with Gasteiger partial charge in [0.25, 0.3) is 0 Å². The van der Waals surface area contributed by atoms with E-state index in [9.17, 15) is 19.2 Å². The lowest BCUT2D eigenvalue weighted by Crippen LogP contribution is -2.51. The Balaban J connectivity index is 2.69. The van der Waals surface area contributed by atoms with Gasteiger partial charge in [0.1, 0.15) is 12.1 Å². The Hall–Kier alpha value is -2.12. The second kappa shape index (κ2) is 7.61. The topological polar surface area (TPSA) is 111 Å². The van der Waals surface area contributed by atoms with Crippen molar-refractivity contribution in [2.24, 2.45) is 5.92 Å². The van der Waals surface area contributed by atoms with Crippen molar-refractivity contribution >= 4 is 23.8 Å². The van der Waals surface area contributed by atoms with Crippen LogP contribution in [0.4, 0.5) is 0 Å². The fourth-order valence-corrected chi connectivity index (χ4v) is 2.09. The van der Waals surface area contributed by atoms with Crippen LogP contribution >= 0.6 is 0 Å². The summed E-state index contributed by atoms with van der Waals surface area (Å²) in [4.78, 5) is 46.2. The first-order chi connectivity index (χ1) is 9.88. The van der Waals surface area contributed by atoms with E-state index in [-0.39, 0.29) is 18.7 Å². The van der Waals surface area contributed by atoms with Crippen LogP contribution < -0.4 is 10.6 Å². The van der Waals surface area contributed by atoms with Gasteiger partial charge in [0.15, 0.2) is 0 Å². The molecule has 0 aromatic heterocycles. The van der Waals surface area contributed by atoms with E-state index in [1.165, 1.54) is 14.2 Å². The second-order valence-electron chi connectivity index (χ2n) is 4.93. The molecule has 1 rings (SSSR count). The van der Waals surface area contributed by atoms with Crippen LogP contribution in [0.25, 0.3) is 0 Å². The first-order valence-electron chi connectivity index (χ1n) is 6.63. The summed E-state index contributed by atoms with van der Waals surface area (Å²) in [6, 6.07) is -1.63. The molecule has 0 aromatic carbocycles. The van der Waals surface area contributed by atoms with E-state index in [2.05, 4.69) is 20.1 Å². The zero-order valence-electron chi connectivity index (χ0n) is 12.3. The van der Waals surface area contributed by atoms with Crippen molar-refractivity contribution in [1.82, 2.24) is 10.6 Å². The number of amides is 2. The number of carbonyl (C=O) groups is 4. The smallest absolute Gasteiger partial charge is 0.328 e. The van der Waals surface area contributed by atoms with Crippen LogP contribution in [0, 0.1) is 5.92 Å². The molecule has 1 aliphatic rings. The van der Waals surface area contributed by atoms with Crippen molar-refractivity contribution in [3.63, 3.8) is 0 Å². The number of nitrogens with one attached hydrogen (secondary N) is 2. The summed E-state index contributed by atoms with van der Waals surface area (Å²) in [6.45, 7) is 1.63. The van der Waals surface area contributed by atoms with Crippen LogP contribution in [0.1, 0.15) is 26.2 Å². The Morgan fingerprint density at radius 1 is 1.33 bits per heavy atom. The molecule has 1 aliphatic heterocycles. The molecule has 3 atom stereocenters. The average Bonchev–Trinajstić information content (AvgIpc) is 2.89. The summed E-state index contributed by atoms with van der Waals surface area (Å²) in [5.41, 5.74) is 0. The molecule has 0 spiro atoms. The fraction of sp³-hybridized carbons (Fsp3) is 0.692. The SMILES string of the molecule is COC(=O)C[C@H](C)[C@@H](NC(=O)[C@@H]1CCC(=O)N1)C(=O)OC. The molecule has 0 aliphatic carbocycles. The first kappa shape index (κ1) is 16.9. The first-order valence-corrected chi connectivity index (χ1v) is 6.63. The van der Waals surface area contributed by atoms with Gasteiger partial charge in [0.05, 0.1) is 20.6 Å². The number of ether oxygens (including phenoxy) is 2. The van der Waals surface area contributed by atoms with Crippen molar-refractivity contribution in [3.8, 4) is 0 Å². The average molecular weight is 300 g/mol. The van der Waals surface area contributed by atoms with Gasteiger partial charge in [-0.05, 0) is 12.3 Å². The van der Waals surface area contributed by atoms with Gasteiger partial charge in [-0.3, -0.25) is 14.4 Å². The number of methoxy groups -OCH3 is 2. The predicted octanol–water partition coefficient (Wildman–Crippen LogP) is -0.878. The van der Waals surface area contributed by atoms with E-state index >= 15 is 0 Å². The highest BCUT2D eigenvalue weighted by molar-refractivity contribution is 5.93. The van der Waals surface area contributed by atoms with Gasteiger partial charge in [-0.25, -0.2) is 4.79 Å². The molecule has 1 heterocycles. The summed E-state index contributed by atoms with van der Waals surface area (Å²) in [5.74, 6) is -2.30. The van der Waals surface area contributed by atoms with Crippen molar-refractivity contribution in [1.29, 1.82) is 0 Å².